The Morgan fingerprint density at radius 2 is 2.16 bits per heavy atom. The summed E-state index contributed by atoms with van der Waals surface area (Å²) in [6.07, 6.45) is 1.66. The summed E-state index contributed by atoms with van der Waals surface area (Å²) >= 11 is 0. The van der Waals surface area contributed by atoms with Gasteiger partial charge in [-0.2, -0.15) is 5.10 Å². The van der Waals surface area contributed by atoms with Crippen LogP contribution in [0.2, 0.25) is 0 Å². The molecule has 0 unspecified atom stereocenters. The summed E-state index contributed by atoms with van der Waals surface area (Å²) in [6.45, 7) is 4.70. The number of benzene rings is 1. The molecule has 0 saturated heterocycles. The zero-order valence-corrected chi connectivity index (χ0v) is 11.3. The number of para-hydroxylation sites is 1. The van der Waals surface area contributed by atoms with Crippen molar-refractivity contribution in [3.05, 3.63) is 41.7 Å². The number of hydrogen-bond acceptors (Lipinski definition) is 3. The standard InChI is InChI=1S/C14H17N3O2/c1-4-17-10(2)12(9-15-17)16-14(18)11-7-5-6-8-13(11)19-3/h5-9H,4H2,1-3H3,(H,16,18). The molecule has 0 spiro atoms. The Morgan fingerprint density at radius 3 is 2.79 bits per heavy atom. The minimum absolute atomic E-state index is 0.198. The molecule has 1 aromatic heterocycles. The van der Waals surface area contributed by atoms with E-state index >= 15 is 0 Å². The van der Waals surface area contributed by atoms with Crippen LogP contribution in [0.25, 0.3) is 0 Å². The van der Waals surface area contributed by atoms with Crippen LogP contribution in [0.3, 0.4) is 0 Å². The minimum Gasteiger partial charge on any atom is -0.496 e. The van der Waals surface area contributed by atoms with E-state index in [0.717, 1.165) is 17.9 Å². The molecule has 5 heteroatoms. The topological polar surface area (TPSA) is 56.2 Å². The van der Waals surface area contributed by atoms with Gasteiger partial charge in [-0.3, -0.25) is 9.48 Å². The molecule has 0 fully saturated rings. The van der Waals surface area contributed by atoms with Gasteiger partial charge >= 0.3 is 0 Å². The molecule has 1 amide bonds. The Hall–Kier alpha value is -2.30. The predicted octanol–water partition coefficient (Wildman–Crippen LogP) is 2.47. The molecule has 2 rings (SSSR count). The number of anilines is 1. The molecule has 0 bridgehead atoms. The molecule has 0 aliphatic rings. The van der Waals surface area contributed by atoms with Crippen LogP contribution in [-0.2, 0) is 6.54 Å². The Labute approximate surface area is 112 Å². The number of aryl methyl sites for hydroxylation is 1. The second-order valence-electron chi connectivity index (χ2n) is 4.11. The molecule has 100 valence electrons. The number of nitrogens with zero attached hydrogens (tertiary/aromatic N) is 2. The van der Waals surface area contributed by atoms with Crippen molar-refractivity contribution in [2.24, 2.45) is 0 Å². The third-order valence-corrected chi connectivity index (χ3v) is 3.00. The maximum absolute atomic E-state index is 12.2. The summed E-state index contributed by atoms with van der Waals surface area (Å²) in [5, 5.41) is 7.05. The maximum Gasteiger partial charge on any atom is 0.259 e. The molecule has 1 aromatic carbocycles. The highest BCUT2D eigenvalue weighted by Gasteiger charge is 2.14. The molecular formula is C14H17N3O2. The lowest BCUT2D eigenvalue weighted by Gasteiger charge is -2.08. The fraction of sp³-hybridized carbons (Fsp3) is 0.286. The largest absolute Gasteiger partial charge is 0.496 e. The van der Waals surface area contributed by atoms with Crippen molar-refractivity contribution in [1.82, 2.24) is 9.78 Å². The number of methoxy groups -OCH3 is 1. The highest BCUT2D eigenvalue weighted by molar-refractivity contribution is 6.06. The van der Waals surface area contributed by atoms with E-state index in [4.69, 9.17) is 4.74 Å². The van der Waals surface area contributed by atoms with Crippen molar-refractivity contribution in [3.63, 3.8) is 0 Å². The monoisotopic (exact) mass is 259 g/mol. The lowest BCUT2D eigenvalue weighted by Crippen LogP contribution is -2.13. The summed E-state index contributed by atoms with van der Waals surface area (Å²) in [4.78, 5) is 12.2. The van der Waals surface area contributed by atoms with E-state index in [1.54, 1.807) is 31.5 Å². The minimum atomic E-state index is -0.198. The number of amides is 1. The Kier molecular flexibility index (Phi) is 3.85. The van der Waals surface area contributed by atoms with Crippen LogP contribution in [0.15, 0.2) is 30.5 Å². The normalized spacial score (nSPS) is 10.3. The van der Waals surface area contributed by atoms with Crippen molar-refractivity contribution >= 4 is 11.6 Å². The molecule has 0 aliphatic heterocycles. The molecule has 5 nitrogen and oxygen atoms in total. The van der Waals surface area contributed by atoms with Gasteiger partial charge in [-0.05, 0) is 26.0 Å². The lowest BCUT2D eigenvalue weighted by molar-refractivity contribution is 0.102. The van der Waals surface area contributed by atoms with E-state index < -0.39 is 0 Å². The van der Waals surface area contributed by atoms with Crippen molar-refractivity contribution in [2.75, 3.05) is 12.4 Å². The number of hydrogen-bond donors (Lipinski definition) is 1. The van der Waals surface area contributed by atoms with Gasteiger partial charge in [0.2, 0.25) is 0 Å². The van der Waals surface area contributed by atoms with Gasteiger partial charge in [-0.15, -0.1) is 0 Å². The third-order valence-electron chi connectivity index (χ3n) is 3.00. The quantitative estimate of drug-likeness (QED) is 0.917. The number of ether oxygens (including phenoxy) is 1. The highest BCUT2D eigenvalue weighted by Crippen LogP contribution is 2.20. The van der Waals surface area contributed by atoms with E-state index in [2.05, 4.69) is 10.4 Å². The molecule has 2 aromatic rings. The first kappa shape index (κ1) is 13.1. The number of aromatic nitrogens is 2. The van der Waals surface area contributed by atoms with Gasteiger partial charge in [0.05, 0.1) is 30.3 Å². The first-order chi connectivity index (χ1) is 9.17. The van der Waals surface area contributed by atoms with Crippen LogP contribution in [0.1, 0.15) is 23.0 Å². The maximum atomic E-state index is 12.2. The zero-order valence-electron chi connectivity index (χ0n) is 11.3. The van der Waals surface area contributed by atoms with Crippen LogP contribution < -0.4 is 10.1 Å². The van der Waals surface area contributed by atoms with Crippen molar-refractivity contribution in [3.8, 4) is 5.75 Å². The summed E-state index contributed by atoms with van der Waals surface area (Å²) in [5.41, 5.74) is 2.16. The van der Waals surface area contributed by atoms with Crippen LogP contribution in [0.4, 0.5) is 5.69 Å². The summed E-state index contributed by atoms with van der Waals surface area (Å²) in [7, 11) is 1.55. The molecule has 0 atom stereocenters. The van der Waals surface area contributed by atoms with Gasteiger partial charge in [0.1, 0.15) is 5.75 Å². The average Bonchev–Trinajstić information content (AvgIpc) is 2.79. The number of carbonyl (C=O) groups excluding carboxylic acids is 1. The Balaban J connectivity index is 2.23. The highest BCUT2D eigenvalue weighted by atomic mass is 16.5. The van der Waals surface area contributed by atoms with E-state index in [1.807, 2.05) is 24.6 Å². The van der Waals surface area contributed by atoms with Crippen LogP contribution >= 0.6 is 0 Å². The first-order valence-corrected chi connectivity index (χ1v) is 6.14. The van der Waals surface area contributed by atoms with Crippen LogP contribution in [-0.4, -0.2) is 22.8 Å². The number of carbonyl (C=O) groups is 1. The molecule has 19 heavy (non-hydrogen) atoms. The molecule has 0 saturated carbocycles. The van der Waals surface area contributed by atoms with Gasteiger partial charge in [-0.25, -0.2) is 0 Å². The molecule has 0 aliphatic carbocycles. The van der Waals surface area contributed by atoms with Crippen molar-refractivity contribution in [2.45, 2.75) is 20.4 Å². The zero-order chi connectivity index (χ0) is 13.8. The summed E-state index contributed by atoms with van der Waals surface area (Å²) in [6, 6.07) is 7.13. The predicted molar refractivity (Wildman–Crippen MR) is 73.6 cm³/mol. The van der Waals surface area contributed by atoms with E-state index in [-0.39, 0.29) is 5.91 Å². The fourth-order valence-electron chi connectivity index (χ4n) is 1.91. The van der Waals surface area contributed by atoms with E-state index in [0.29, 0.717) is 11.3 Å². The summed E-state index contributed by atoms with van der Waals surface area (Å²) in [5.74, 6) is 0.358. The first-order valence-electron chi connectivity index (χ1n) is 6.14. The Morgan fingerprint density at radius 1 is 1.42 bits per heavy atom. The molecule has 0 radical (unpaired) electrons. The van der Waals surface area contributed by atoms with Gasteiger partial charge in [-0.1, -0.05) is 12.1 Å². The van der Waals surface area contributed by atoms with Crippen LogP contribution in [0.5, 0.6) is 5.75 Å². The lowest BCUT2D eigenvalue weighted by atomic mass is 10.2. The Bertz CT molecular complexity index is 590. The number of nitrogens with one attached hydrogen (secondary N) is 1. The SMILES string of the molecule is CCn1ncc(NC(=O)c2ccccc2OC)c1C. The van der Waals surface area contributed by atoms with Crippen molar-refractivity contribution in [1.29, 1.82) is 0 Å². The molecule has 1 heterocycles. The van der Waals surface area contributed by atoms with Crippen molar-refractivity contribution < 1.29 is 9.53 Å². The number of rotatable bonds is 4. The average molecular weight is 259 g/mol. The van der Waals surface area contributed by atoms with E-state index in [9.17, 15) is 4.79 Å². The van der Waals surface area contributed by atoms with Crippen LogP contribution in [0, 0.1) is 6.92 Å². The third kappa shape index (κ3) is 2.59. The van der Waals surface area contributed by atoms with Gasteiger partial charge in [0, 0.05) is 6.54 Å². The second kappa shape index (κ2) is 5.56. The van der Waals surface area contributed by atoms with Gasteiger partial charge in [0.15, 0.2) is 0 Å². The molecular weight excluding hydrogens is 242 g/mol. The van der Waals surface area contributed by atoms with Gasteiger partial charge in [0.25, 0.3) is 5.91 Å². The second-order valence-corrected chi connectivity index (χ2v) is 4.11. The van der Waals surface area contributed by atoms with Gasteiger partial charge < -0.3 is 10.1 Å². The smallest absolute Gasteiger partial charge is 0.259 e. The van der Waals surface area contributed by atoms with E-state index in [1.165, 1.54) is 0 Å². The molecule has 1 N–H and O–H groups in total. The fourth-order valence-corrected chi connectivity index (χ4v) is 1.91. The summed E-state index contributed by atoms with van der Waals surface area (Å²) < 4.78 is 7.01.